The SMILES string of the molecule is CNc1cccc(C(=O)NC(C)c2ccc(C)s2)n1. The number of carbonyl (C=O) groups is 1. The van der Waals surface area contributed by atoms with Gasteiger partial charge in [0.2, 0.25) is 0 Å². The fourth-order valence-electron chi connectivity index (χ4n) is 1.73. The highest BCUT2D eigenvalue weighted by Gasteiger charge is 2.13. The van der Waals surface area contributed by atoms with Crippen LogP contribution in [0.2, 0.25) is 0 Å². The van der Waals surface area contributed by atoms with Gasteiger partial charge in [0.05, 0.1) is 6.04 Å². The first-order chi connectivity index (χ1) is 9.10. The van der Waals surface area contributed by atoms with Crippen molar-refractivity contribution in [2.45, 2.75) is 19.9 Å². The molecule has 2 aromatic rings. The topological polar surface area (TPSA) is 54.0 Å². The van der Waals surface area contributed by atoms with Gasteiger partial charge in [0.25, 0.3) is 5.91 Å². The van der Waals surface area contributed by atoms with E-state index < -0.39 is 0 Å². The van der Waals surface area contributed by atoms with Crippen molar-refractivity contribution in [1.29, 1.82) is 0 Å². The summed E-state index contributed by atoms with van der Waals surface area (Å²) in [6.07, 6.45) is 0. The molecule has 2 aromatic heterocycles. The van der Waals surface area contributed by atoms with E-state index in [-0.39, 0.29) is 11.9 Å². The zero-order chi connectivity index (χ0) is 13.8. The minimum absolute atomic E-state index is 0.00811. The molecule has 0 bridgehead atoms. The van der Waals surface area contributed by atoms with Gasteiger partial charge in [-0.2, -0.15) is 0 Å². The molecule has 2 N–H and O–H groups in total. The first-order valence-corrected chi connectivity index (χ1v) is 6.94. The molecule has 1 unspecified atom stereocenters. The first kappa shape index (κ1) is 13.5. The first-order valence-electron chi connectivity index (χ1n) is 6.12. The van der Waals surface area contributed by atoms with Gasteiger partial charge < -0.3 is 10.6 Å². The Bertz CT molecular complexity index is 580. The van der Waals surface area contributed by atoms with E-state index in [0.29, 0.717) is 11.5 Å². The Morgan fingerprint density at radius 1 is 1.32 bits per heavy atom. The number of nitrogens with one attached hydrogen (secondary N) is 2. The molecule has 0 aliphatic rings. The maximum absolute atomic E-state index is 12.1. The number of anilines is 1. The molecular weight excluding hydrogens is 258 g/mol. The molecule has 2 rings (SSSR count). The molecule has 0 radical (unpaired) electrons. The Morgan fingerprint density at radius 3 is 2.74 bits per heavy atom. The second-order valence-electron chi connectivity index (χ2n) is 4.30. The number of thiophene rings is 1. The fraction of sp³-hybridized carbons (Fsp3) is 0.286. The molecule has 1 atom stereocenters. The number of pyridine rings is 1. The van der Waals surface area contributed by atoms with E-state index in [1.54, 1.807) is 24.5 Å². The summed E-state index contributed by atoms with van der Waals surface area (Å²) >= 11 is 1.69. The third kappa shape index (κ3) is 3.32. The molecule has 0 spiro atoms. The summed E-state index contributed by atoms with van der Waals surface area (Å²) in [7, 11) is 1.78. The van der Waals surface area contributed by atoms with Crippen LogP contribution in [0.1, 0.15) is 33.2 Å². The average Bonchev–Trinajstić information content (AvgIpc) is 2.85. The standard InChI is InChI=1S/C14H17N3OS/c1-9-7-8-12(19-9)10(2)16-14(18)11-5-4-6-13(15-3)17-11/h4-8,10H,1-3H3,(H,15,17)(H,16,18). The van der Waals surface area contributed by atoms with Crippen LogP contribution in [0.4, 0.5) is 5.82 Å². The zero-order valence-electron chi connectivity index (χ0n) is 11.2. The van der Waals surface area contributed by atoms with E-state index in [2.05, 4.69) is 28.6 Å². The van der Waals surface area contributed by atoms with E-state index >= 15 is 0 Å². The summed E-state index contributed by atoms with van der Waals surface area (Å²) < 4.78 is 0. The predicted molar refractivity (Wildman–Crippen MR) is 78.7 cm³/mol. The van der Waals surface area contributed by atoms with E-state index in [9.17, 15) is 4.79 Å². The minimum Gasteiger partial charge on any atom is -0.373 e. The van der Waals surface area contributed by atoms with Crippen molar-refractivity contribution >= 4 is 23.1 Å². The van der Waals surface area contributed by atoms with Gasteiger partial charge in [-0.05, 0) is 38.1 Å². The van der Waals surface area contributed by atoms with Crippen molar-refractivity contribution in [3.8, 4) is 0 Å². The van der Waals surface area contributed by atoms with Crippen molar-refractivity contribution in [1.82, 2.24) is 10.3 Å². The van der Waals surface area contributed by atoms with Crippen LogP contribution >= 0.6 is 11.3 Å². The summed E-state index contributed by atoms with van der Waals surface area (Å²) in [6, 6.07) is 9.44. The summed E-state index contributed by atoms with van der Waals surface area (Å²) in [4.78, 5) is 18.7. The van der Waals surface area contributed by atoms with Crippen molar-refractivity contribution in [2.75, 3.05) is 12.4 Å². The highest BCUT2D eigenvalue weighted by molar-refractivity contribution is 7.12. The lowest BCUT2D eigenvalue weighted by molar-refractivity contribution is 0.0935. The lowest BCUT2D eigenvalue weighted by Gasteiger charge is -2.12. The number of aromatic nitrogens is 1. The highest BCUT2D eigenvalue weighted by Crippen LogP contribution is 2.22. The Hall–Kier alpha value is -1.88. The van der Waals surface area contributed by atoms with Crippen molar-refractivity contribution < 1.29 is 4.79 Å². The van der Waals surface area contributed by atoms with Crippen LogP contribution in [0.25, 0.3) is 0 Å². The Kier molecular flexibility index (Phi) is 4.16. The third-order valence-electron chi connectivity index (χ3n) is 2.77. The van der Waals surface area contributed by atoms with Gasteiger partial charge in [0, 0.05) is 16.8 Å². The second-order valence-corrected chi connectivity index (χ2v) is 5.62. The normalized spacial score (nSPS) is 11.9. The molecule has 1 amide bonds. The van der Waals surface area contributed by atoms with E-state index in [4.69, 9.17) is 0 Å². The smallest absolute Gasteiger partial charge is 0.270 e. The molecule has 5 heteroatoms. The quantitative estimate of drug-likeness (QED) is 0.902. The van der Waals surface area contributed by atoms with Crippen LogP contribution in [-0.4, -0.2) is 17.9 Å². The predicted octanol–water partition coefficient (Wildman–Crippen LogP) is 2.98. The monoisotopic (exact) mass is 275 g/mol. The molecule has 19 heavy (non-hydrogen) atoms. The van der Waals surface area contributed by atoms with Gasteiger partial charge in [-0.15, -0.1) is 11.3 Å². The molecule has 2 heterocycles. The number of nitrogens with zero attached hydrogens (tertiary/aromatic N) is 1. The van der Waals surface area contributed by atoms with E-state index in [1.165, 1.54) is 4.88 Å². The van der Waals surface area contributed by atoms with Gasteiger partial charge >= 0.3 is 0 Å². The van der Waals surface area contributed by atoms with Crippen LogP contribution < -0.4 is 10.6 Å². The number of rotatable bonds is 4. The van der Waals surface area contributed by atoms with Crippen LogP contribution in [0.15, 0.2) is 30.3 Å². The molecule has 100 valence electrons. The largest absolute Gasteiger partial charge is 0.373 e. The molecule has 0 aliphatic heterocycles. The van der Waals surface area contributed by atoms with Gasteiger partial charge in [0.1, 0.15) is 11.5 Å². The number of hydrogen-bond donors (Lipinski definition) is 2. The van der Waals surface area contributed by atoms with Crippen LogP contribution in [0.5, 0.6) is 0 Å². The van der Waals surface area contributed by atoms with E-state index in [1.807, 2.05) is 25.1 Å². The molecule has 0 saturated carbocycles. The highest BCUT2D eigenvalue weighted by atomic mass is 32.1. The van der Waals surface area contributed by atoms with Crippen LogP contribution in [0.3, 0.4) is 0 Å². The van der Waals surface area contributed by atoms with Crippen molar-refractivity contribution in [2.24, 2.45) is 0 Å². The van der Waals surface area contributed by atoms with Crippen LogP contribution in [-0.2, 0) is 0 Å². The maximum Gasteiger partial charge on any atom is 0.270 e. The molecular formula is C14H17N3OS. The average molecular weight is 275 g/mol. The lowest BCUT2D eigenvalue weighted by atomic mass is 10.2. The van der Waals surface area contributed by atoms with Gasteiger partial charge in [-0.1, -0.05) is 6.07 Å². The number of amides is 1. The molecule has 0 saturated heterocycles. The number of carbonyl (C=O) groups excluding carboxylic acids is 1. The maximum atomic E-state index is 12.1. The second kappa shape index (κ2) is 5.84. The number of aryl methyl sites for hydroxylation is 1. The lowest BCUT2D eigenvalue weighted by Crippen LogP contribution is -2.27. The fourth-order valence-corrected chi connectivity index (χ4v) is 2.61. The van der Waals surface area contributed by atoms with Gasteiger partial charge in [-0.3, -0.25) is 4.79 Å². The Balaban J connectivity index is 2.08. The molecule has 0 aromatic carbocycles. The van der Waals surface area contributed by atoms with Crippen molar-refractivity contribution in [3.05, 3.63) is 45.8 Å². The molecule has 0 aliphatic carbocycles. The van der Waals surface area contributed by atoms with E-state index in [0.717, 1.165) is 4.88 Å². The Morgan fingerprint density at radius 2 is 2.11 bits per heavy atom. The van der Waals surface area contributed by atoms with Crippen molar-refractivity contribution in [3.63, 3.8) is 0 Å². The summed E-state index contributed by atoms with van der Waals surface area (Å²) in [5.41, 5.74) is 0.423. The molecule has 0 fully saturated rings. The Labute approximate surface area is 116 Å². The molecule has 4 nitrogen and oxygen atoms in total. The minimum atomic E-state index is -0.157. The third-order valence-corrected chi connectivity index (χ3v) is 3.96. The summed E-state index contributed by atoms with van der Waals surface area (Å²) in [6.45, 7) is 4.03. The summed E-state index contributed by atoms with van der Waals surface area (Å²) in [5.74, 6) is 0.530. The van der Waals surface area contributed by atoms with Gasteiger partial charge in [0.15, 0.2) is 0 Å². The zero-order valence-corrected chi connectivity index (χ0v) is 12.0. The summed E-state index contributed by atoms with van der Waals surface area (Å²) in [5, 5.41) is 5.88. The number of hydrogen-bond acceptors (Lipinski definition) is 4. The van der Waals surface area contributed by atoms with Crippen LogP contribution in [0, 0.1) is 6.92 Å². The van der Waals surface area contributed by atoms with Gasteiger partial charge in [-0.25, -0.2) is 4.98 Å².